The van der Waals surface area contributed by atoms with Gasteiger partial charge < -0.3 is 5.32 Å². The maximum absolute atomic E-state index is 13.2. The maximum Gasteiger partial charge on any atom is 0.304 e. The smallest absolute Gasteiger partial charge is 0.304 e. The van der Waals surface area contributed by atoms with Crippen LogP contribution in [0.25, 0.3) is 0 Å². The molecule has 1 heterocycles. The molecule has 2 atom stereocenters. The molecule has 0 unspecified atom stereocenters. The van der Waals surface area contributed by atoms with Crippen LogP contribution in [0, 0.1) is 12.7 Å². The van der Waals surface area contributed by atoms with Crippen LogP contribution in [0.1, 0.15) is 33.1 Å². The van der Waals surface area contributed by atoms with E-state index in [4.69, 9.17) is 0 Å². The van der Waals surface area contributed by atoms with Crippen molar-refractivity contribution in [3.05, 3.63) is 107 Å². The predicted octanol–water partition coefficient (Wildman–Crippen LogP) is 3.15. The van der Waals surface area contributed by atoms with E-state index in [1.807, 2.05) is 67.7 Å². The van der Waals surface area contributed by atoms with E-state index in [1.165, 1.54) is 24.3 Å². The van der Waals surface area contributed by atoms with Crippen molar-refractivity contribution in [2.45, 2.75) is 19.0 Å². The zero-order valence-corrected chi connectivity index (χ0v) is 16.4. The summed E-state index contributed by atoms with van der Waals surface area (Å²) in [6.45, 7) is 1.99. The van der Waals surface area contributed by atoms with Crippen molar-refractivity contribution in [3.8, 4) is 0 Å². The highest BCUT2D eigenvalue weighted by molar-refractivity contribution is 5.98. The third-order valence-electron chi connectivity index (χ3n) is 5.04. The fourth-order valence-electron chi connectivity index (χ4n) is 3.47. The minimum Gasteiger partial charge on any atom is -0.334 e. The Bertz CT molecular complexity index is 1090. The summed E-state index contributed by atoms with van der Waals surface area (Å²) in [7, 11) is 0. The van der Waals surface area contributed by atoms with E-state index in [0.29, 0.717) is 0 Å². The molecule has 4 rings (SSSR count). The standard InChI is InChI=1S/C24H20FN3O2/c1-16-7-9-18(10-8-16)22-21(26-23(29)19-11-13-20(25)14-12-19)24(30)27-28(22)15-17-5-3-2-4-6-17/h2-15,21-22H,1H3,(H-,26,27,29,30)/p+1/b28-15-/t21-,22-/m1/s1. The lowest BCUT2D eigenvalue weighted by atomic mass is 9.98. The van der Waals surface area contributed by atoms with Gasteiger partial charge in [-0.3, -0.25) is 9.59 Å². The molecule has 1 aliphatic heterocycles. The van der Waals surface area contributed by atoms with Gasteiger partial charge in [-0.25, -0.2) is 4.39 Å². The van der Waals surface area contributed by atoms with Crippen molar-refractivity contribution < 1.29 is 18.7 Å². The molecule has 0 saturated carbocycles. The molecular formula is C24H21FN3O2+. The molecule has 3 aromatic rings. The molecule has 0 aromatic heterocycles. The normalized spacial score (nSPS) is 19.5. The summed E-state index contributed by atoms with van der Waals surface area (Å²) in [5.41, 5.74) is 6.04. The van der Waals surface area contributed by atoms with E-state index >= 15 is 0 Å². The van der Waals surface area contributed by atoms with Crippen molar-refractivity contribution in [1.29, 1.82) is 0 Å². The van der Waals surface area contributed by atoms with Gasteiger partial charge in [0.25, 0.3) is 5.91 Å². The number of halogens is 1. The Kier molecular flexibility index (Phi) is 5.39. The maximum atomic E-state index is 13.2. The number of carbonyl (C=O) groups excluding carboxylic acids is 2. The molecule has 1 saturated heterocycles. The van der Waals surface area contributed by atoms with E-state index in [1.54, 1.807) is 4.68 Å². The Hall–Kier alpha value is -3.80. The fraction of sp³-hybridized carbons (Fsp3) is 0.125. The zero-order valence-electron chi connectivity index (χ0n) is 16.4. The van der Waals surface area contributed by atoms with Gasteiger partial charge in [0.15, 0.2) is 6.04 Å². The highest BCUT2D eigenvalue weighted by Gasteiger charge is 2.47. The molecule has 1 aliphatic rings. The summed E-state index contributed by atoms with van der Waals surface area (Å²) in [6.07, 6.45) is 1.84. The molecule has 2 N–H and O–H groups in total. The van der Waals surface area contributed by atoms with Gasteiger partial charge in [-0.05, 0) is 43.3 Å². The van der Waals surface area contributed by atoms with Crippen LogP contribution in [0.15, 0.2) is 78.9 Å². The summed E-state index contributed by atoms with van der Waals surface area (Å²) in [4.78, 5) is 25.5. The number of rotatable bonds is 4. The molecule has 30 heavy (non-hydrogen) atoms. The van der Waals surface area contributed by atoms with E-state index in [0.717, 1.165) is 16.7 Å². The molecule has 2 amide bonds. The van der Waals surface area contributed by atoms with Gasteiger partial charge in [-0.15, -0.1) is 10.1 Å². The number of nitrogens with zero attached hydrogens (tertiary/aromatic N) is 1. The van der Waals surface area contributed by atoms with Crippen LogP contribution in [0.3, 0.4) is 0 Å². The first-order chi connectivity index (χ1) is 14.5. The van der Waals surface area contributed by atoms with Gasteiger partial charge in [-0.1, -0.05) is 48.0 Å². The number of hydrazone groups is 1. The Labute approximate surface area is 173 Å². The number of amides is 2. The molecule has 0 spiro atoms. The van der Waals surface area contributed by atoms with Crippen LogP contribution >= 0.6 is 0 Å². The second kappa shape index (κ2) is 8.29. The van der Waals surface area contributed by atoms with E-state index in [9.17, 15) is 14.0 Å². The van der Waals surface area contributed by atoms with Gasteiger partial charge in [-0.2, -0.15) is 0 Å². The molecule has 3 aromatic carbocycles. The monoisotopic (exact) mass is 402 g/mol. The molecule has 1 fully saturated rings. The van der Waals surface area contributed by atoms with Crippen molar-refractivity contribution in [1.82, 2.24) is 10.7 Å². The summed E-state index contributed by atoms with van der Waals surface area (Å²) >= 11 is 0. The topological polar surface area (TPSA) is 61.2 Å². The fourth-order valence-corrected chi connectivity index (χ4v) is 3.47. The summed E-state index contributed by atoms with van der Waals surface area (Å²) in [6, 6.07) is 21.4. The van der Waals surface area contributed by atoms with Gasteiger partial charge in [0.1, 0.15) is 5.82 Å². The summed E-state index contributed by atoms with van der Waals surface area (Å²) < 4.78 is 14.9. The quantitative estimate of drug-likeness (QED) is 0.659. The number of nitrogens with one attached hydrogen (secondary N) is 2. The molecule has 0 bridgehead atoms. The van der Waals surface area contributed by atoms with Gasteiger partial charge in [0.05, 0.1) is 0 Å². The van der Waals surface area contributed by atoms with Crippen molar-refractivity contribution >= 4 is 18.0 Å². The summed E-state index contributed by atoms with van der Waals surface area (Å²) in [5.74, 6) is -1.18. The first-order valence-corrected chi connectivity index (χ1v) is 9.63. The average Bonchev–Trinajstić information content (AvgIpc) is 3.04. The largest absolute Gasteiger partial charge is 0.334 e. The second-order valence-corrected chi connectivity index (χ2v) is 7.24. The Balaban J connectivity index is 1.69. The molecule has 5 nitrogen and oxygen atoms in total. The number of hydrogen-bond donors (Lipinski definition) is 2. The Morgan fingerprint density at radius 3 is 2.33 bits per heavy atom. The van der Waals surface area contributed by atoms with Crippen LogP contribution in [-0.2, 0) is 4.79 Å². The zero-order chi connectivity index (χ0) is 21.1. The van der Waals surface area contributed by atoms with Crippen molar-refractivity contribution in [3.63, 3.8) is 0 Å². The van der Waals surface area contributed by atoms with Gasteiger partial charge in [0, 0.05) is 16.7 Å². The van der Waals surface area contributed by atoms with E-state index in [-0.39, 0.29) is 11.5 Å². The minimum atomic E-state index is -0.815. The predicted molar refractivity (Wildman–Crippen MR) is 112 cm³/mol. The third-order valence-corrected chi connectivity index (χ3v) is 5.04. The number of benzene rings is 3. The lowest BCUT2D eigenvalue weighted by Gasteiger charge is -2.15. The van der Waals surface area contributed by atoms with Gasteiger partial charge >= 0.3 is 5.91 Å². The van der Waals surface area contributed by atoms with Crippen LogP contribution in [0.2, 0.25) is 0 Å². The highest BCUT2D eigenvalue weighted by Crippen LogP contribution is 2.26. The molecule has 150 valence electrons. The van der Waals surface area contributed by atoms with Crippen LogP contribution < -0.4 is 10.7 Å². The van der Waals surface area contributed by atoms with Crippen LogP contribution in [0.5, 0.6) is 0 Å². The van der Waals surface area contributed by atoms with E-state index < -0.39 is 23.8 Å². The van der Waals surface area contributed by atoms with E-state index in [2.05, 4.69) is 10.7 Å². The lowest BCUT2D eigenvalue weighted by Crippen LogP contribution is -2.42. The Morgan fingerprint density at radius 2 is 1.67 bits per heavy atom. The second-order valence-electron chi connectivity index (χ2n) is 7.24. The highest BCUT2D eigenvalue weighted by atomic mass is 19.1. The number of aryl methyl sites for hydroxylation is 1. The molecular weight excluding hydrogens is 381 g/mol. The van der Waals surface area contributed by atoms with Crippen molar-refractivity contribution in [2.24, 2.45) is 0 Å². The lowest BCUT2D eigenvalue weighted by molar-refractivity contribution is -0.596. The number of carbonyl (C=O) groups is 2. The summed E-state index contributed by atoms with van der Waals surface area (Å²) in [5, 5.41) is 2.81. The Morgan fingerprint density at radius 1 is 1.00 bits per heavy atom. The number of hydrazine groups is 1. The minimum absolute atomic E-state index is 0.289. The van der Waals surface area contributed by atoms with Crippen LogP contribution in [0.4, 0.5) is 4.39 Å². The third kappa shape index (κ3) is 4.12. The average molecular weight is 402 g/mol. The van der Waals surface area contributed by atoms with Crippen LogP contribution in [-0.4, -0.2) is 28.8 Å². The van der Waals surface area contributed by atoms with Crippen molar-refractivity contribution in [2.75, 3.05) is 0 Å². The number of hydrogen-bond acceptors (Lipinski definition) is 2. The SMILES string of the molecule is Cc1ccc([C@@H]2[C@@H](NC(=O)c3ccc(F)cc3)C(=O)N/[N+]2=C\c2ccccc2)cc1. The van der Waals surface area contributed by atoms with Gasteiger partial charge in [0.2, 0.25) is 12.3 Å². The molecule has 0 radical (unpaired) electrons. The first-order valence-electron chi connectivity index (χ1n) is 9.63. The molecule has 0 aliphatic carbocycles. The molecule has 6 heteroatoms. The first kappa shape index (κ1) is 19.5.